The molecule has 3 aromatic rings. The van der Waals surface area contributed by atoms with Crippen molar-refractivity contribution in [2.45, 2.75) is 17.7 Å². The molecule has 1 aliphatic rings. The maximum absolute atomic E-state index is 12.7. The van der Waals surface area contributed by atoms with Crippen LogP contribution in [-0.4, -0.2) is 32.3 Å². The molecule has 170 valence electrons. The number of hydrogen-bond donors (Lipinski definition) is 1. The molecule has 1 aliphatic heterocycles. The highest BCUT2D eigenvalue weighted by molar-refractivity contribution is 7.87. The van der Waals surface area contributed by atoms with E-state index in [0.29, 0.717) is 11.3 Å². The van der Waals surface area contributed by atoms with Crippen LogP contribution in [0.15, 0.2) is 77.7 Å². The number of anilines is 2. The normalized spacial score (nSPS) is 13.5. The van der Waals surface area contributed by atoms with Crippen LogP contribution < -0.4 is 14.4 Å². The highest BCUT2D eigenvalue weighted by Crippen LogP contribution is 2.29. The molecular formula is C23H21N3O6S. The van der Waals surface area contributed by atoms with Crippen molar-refractivity contribution in [3.63, 3.8) is 0 Å². The van der Waals surface area contributed by atoms with Crippen LogP contribution in [0.4, 0.5) is 17.1 Å². The van der Waals surface area contributed by atoms with Crippen molar-refractivity contribution < 1.29 is 22.3 Å². The zero-order valence-electron chi connectivity index (χ0n) is 17.5. The summed E-state index contributed by atoms with van der Waals surface area (Å²) in [5, 5.41) is 13.8. The summed E-state index contributed by atoms with van der Waals surface area (Å²) in [6, 6.07) is 17.8. The average Bonchev–Trinajstić information content (AvgIpc) is 3.34. The molecule has 10 heteroatoms. The molecule has 0 bridgehead atoms. The molecule has 0 unspecified atom stereocenters. The van der Waals surface area contributed by atoms with E-state index in [4.69, 9.17) is 4.18 Å². The lowest BCUT2D eigenvalue weighted by atomic mass is 10.2. The molecule has 0 aromatic heterocycles. The lowest BCUT2D eigenvalue weighted by Gasteiger charge is -2.21. The van der Waals surface area contributed by atoms with Gasteiger partial charge in [0.05, 0.1) is 16.3 Å². The molecule has 1 N–H and O–H groups in total. The van der Waals surface area contributed by atoms with Gasteiger partial charge in [-0.2, -0.15) is 8.42 Å². The Kier molecular flexibility index (Phi) is 6.27. The van der Waals surface area contributed by atoms with Gasteiger partial charge in [-0.3, -0.25) is 14.9 Å². The summed E-state index contributed by atoms with van der Waals surface area (Å²) in [6.45, 7) is 1.88. The number of nitro benzene ring substituents is 1. The molecule has 1 fully saturated rings. The van der Waals surface area contributed by atoms with Crippen LogP contribution in [0.1, 0.15) is 23.2 Å². The highest BCUT2D eigenvalue weighted by Gasteiger charge is 2.21. The molecule has 1 amide bonds. The minimum Gasteiger partial charge on any atom is -0.379 e. The van der Waals surface area contributed by atoms with Crippen LogP contribution in [0.25, 0.3) is 0 Å². The summed E-state index contributed by atoms with van der Waals surface area (Å²) < 4.78 is 30.0. The van der Waals surface area contributed by atoms with Crippen molar-refractivity contribution >= 4 is 33.1 Å². The molecule has 3 aromatic carbocycles. The third-order valence-corrected chi connectivity index (χ3v) is 6.48. The van der Waals surface area contributed by atoms with Crippen LogP contribution >= 0.6 is 0 Å². The minimum absolute atomic E-state index is 0.0180. The molecule has 0 atom stereocenters. The Hall–Kier alpha value is -3.92. The number of carbonyl (C=O) groups excluding carboxylic acids is 1. The first-order valence-corrected chi connectivity index (χ1v) is 11.7. The van der Waals surface area contributed by atoms with Crippen LogP contribution in [-0.2, 0) is 10.1 Å². The van der Waals surface area contributed by atoms with Crippen molar-refractivity contribution in [3.8, 4) is 5.75 Å². The number of hydrogen-bond acceptors (Lipinski definition) is 7. The molecule has 33 heavy (non-hydrogen) atoms. The number of amides is 1. The molecule has 1 saturated heterocycles. The van der Waals surface area contributed by atoms with Crippen molar-refractivity contribution in [2.24, 2.45) is 0 Å². The van der Waals surface area contributed by atoms with E-state index < -0.39 is 15.0 Å². The molecule has 0 aliphatic carbocycles. The van der Waals surface area contributed by atoms with Gasteiger partial charge in [-0.1, -0.05) is 18.2 Å². The fraction of sp³-hybridized carbons (Fsp3) is 0.174. The largest absolute Gasteiger partial charge is 0.379 e. The van der Waals surface area contributed by atoms with Crippen molar-refractivity contribution in [1.29, 1.82) is 0 Å². The van der Waals surface area contributed by atoms with Gasteiger partial charge in [0, 0.05) is 30.8 Å². The average molecular weight is 468 g/mol. The van der Waals surface area contributed by atoms with Gasteiger partial charge in [0.2, 0.25) is 0 Å². The number of non-ortho nitro benzene ring substituents is 1. The van der Waals surface area contributed by atoms with Gasteiger partial charge in [-0.05, 0) is 55.3 Å². The molecule has 0 spiro atoms. The maximum Gasteiger partial charge on any atom is 0.339 e. The van der Waals surface area contributed by atoms with Gasteiger partial charge in [-0.25, -0.2) is 0 Å². The molecule has 1 heterocycles. The Bertz CT molecular complexity index is 1290. The predicted molar refractivity (Wildman–Crippen MR) is 123 cm³/mol. The second-order valence-electron chi connectivity index (χ2n) is 7.48. The minimum atomic E-state index is -4.28. The van der Waals surface area contributed by atoms with E-state index in [1.165, 1.54) is 42.5 Å². The van der Waals surface area contributed by atoms with Gasteiger partial charge in [0.15, 0.2) is 0 Å². The Balaban J connectivity index is 1.47. The smallest absolute Gasteiger partial charge is 0.339 e. The first-order valence-electron chi connectivity index (χ1n) is 10.3. The van der Waals surface area contributed by atoms with Crippen LogP contribution in [0.3, 0.4) is 0 Å². The van der Waals surface area contributed by atoms with Crippen LogP contribution in [0.2, 0.25) is 0 Å². The first kappa shape index (κ1) is 22.3. The lowest BCUT2D eigenvalue weighted by molar-refractivity contribution is -0.385. The standard InChI is InChI=1S/C23H21N3O6S/c27-23(24-21-8-1-2-9-22(21)25-14-3-4-15-25)17-10-12-19(13-11-17)32-33(30,31)20-7-5-6-18(16-20)26(28)29/h1-2,5-13,16H,3-4,14-15H2,(H,24,27). The summed E-state index contributed by atoms with van der Waals surface area (Å²) >= 11 is 0. The van der Waals surface area contributed by atoms with Crippen molar-refractivity contribution in [3.05, 3.63) is 88.5 Å². The second-order valence-corrected chi connectivity index (χ2v) is 9.03. The van der Waals surface area contributed by atoms with Crippen molar-refractivity contribution in [1.82, 2.24) is 0 Å². The number of nitrogens with one attached hydrogen (secondary N) is 1. The van der Waals surface area contributed by atoms with Gasteiger partial charge < -0.3 is 14.4 Å². The molecular weight excluding hydrogens is 446 g/mol. The summed E-state index contributed by atoms with van der Waals surface area (Å²) in [5.74, 6) is -0.356. The summed E-state index contributed by atoms with van der Waals surface area (Å²) in [6.07, 6.45) is 2.23. The third kappa shape index (κ3) is 5.12. The fourth-order valence-electron chi connectivity index (χ4n) is 3.60. The number of nitro groups is 1. The van der Waals surface area contributed by atoms with Crippen LogP contribution in [0.5, 0.6) is 5.75 Å². The SMILES string of the molecule is O=C(Nc1ccccc1N1CCCC1)c1ccc(OS(=O)(=O)c2cccc([N+](=O)[O-])c2)cc1. The number of rotatable bonds is 7. The summed E-state index contributed by atoms with van der Waals surface area (Å²) in [7, 11) is -4.28. The first-order chi connectivity index (χ1) is 15.8. The number of benzene rings is 3. The van der Waals surface area contributed by atoms with Gasteiger partial charge in [0.25, 0.3) is 11.6 Å². The van der Waals surface area contributed by atoms with E-state index in [1.54, 1.807) is 0 Å². The van der Waals surface area contributed by atoms with E-state index in [2.05, 4.69) is 10.2 Å². The Morgan fingerprint density at radius 2 is 1.67 bits per heavy atom. The van der Waals surface area contributed by atoms with E-state index in [0.717, 1.165) is 37.7 Å². The van der Waals surface area contributed by atoms with E-state index in [-0.39, 0.29) is 22.2 Å². The molecule has 0 radical (unpaired) electrons. The quantitative estimate of drug-likeness (QED) is 0.314. The maximum atomic E-state index is 12.7. The van der Waals surface area contributed by atoms with Crippen LogP contribution in [0, 0.1) is 10.1 Å². The highest BCUT2D eigenvalue weighted by atomic mass is 32.2. The predicted octanol–water partition coefficient (Wildman–Crippen LogP) is 4.22. The van der Waals surface area contributed by atoms with E-state index >= 15 is 0 Å². The number of carbonyl (C=O) groups is 1. The van der Waals surface area contributed by atoms with Gasteiger partial charge >= 0.3 is 10.1 Å². The monoisotopic (exact) mass is 467 g/mol. The lowest BCUT2D eigenvalue weighted by Crippen LogP contribution is -2.21. The summed E-state index contributed by atoms with van der Waals surface area (Å²) in [5.41, 5.74) is 1.64. The van der Waals surface area contributed by atoms with E-state index in [9.17, 15) is 23.3 Å². The second kappa shape index (κ2) is 9.29. The molecule has 9 nitrogen and oxygen atoms in total. The Labute approximate surface area is 190 Å². The zero-order chi connectivity index (χ0) is 23.4. The summed E-state index contributed by atoms with van der Waals surface area (Å²) in [4.78, 5) is 24.8. The Morgan fingerprint density at radius 3 is 2.36 bits per heavy atom. The number of para-hydroxylation sites is 2. The number of nitrogens with zero attached hydrogens (tertiary/aromatic N) is 2. The van der Waals surface area contributed by atoms with E-state index in [1.807, 2.05) is 24.3 Å². The van der Waals surface area contributed by atoms with Gasteiger partial charge in [0.1, 0.15) is 10.6 Å². The molecule has 4 rings (SSSR count). The fourth-order valence-corrected chi connectivity index (χ4v) is 4.57. The molecule has 0 saturated carbocycles. The zero-order valence-corrected chi connectivity index (χ0v) is 18.3. The Morgan fingerprint density at radius 1 is 0.970 bits per heavy atom. The topological polar surface area (TPSA) is 119 Å². The third-order valence-electron chi connectivity index (χ3n) is 5.24. The van der Waals surface area contributed by atoms with Gasteiger partial charge in [-0.15, -0.1) is 0 Å². The van der Waals surface area contributed by atoms with Crippen molar-refractivity contribution in [2.75, 3.05) is 23.3 Å².